The van der Waals surface area contributed by atoms with E-state index < -0.39 is 0 Å². The smallest absolute Gasteiger partial charge is 0.123 e. The lowest BCUT2D eigenvalue weighted by molar-refractivity contribution is 0.0867. The minimum absolute atomic E-state index is 0.179. The van der Waals surface area contributed by atoms with E-state index in [9.17, 15) is 4.39 Å². The molecule has 3 unspecified atom stereocenters. The Balaban J connectivity index is 1.84. The second kappa shape index (κ2) is 6.30. The monoisotopic (exact) mass is 251 g/mol. The second-order valence-corrected chi connectivity index (χ2v) is 5.05. The topological polar surface area (TPSA) is 21.3 Å². The summed E-state index contributed by atoms with van der Waals surface area (Å²) in [4.78, 5) is 0. The third kappa shape index (κ3) is 3.30. The maximum atomic E-state index is 12.8. The van der Waals surface area contributed by atoms with Crippen molar-refractivity contribution in [2.75, 3.05) is 13.2 Å². The van der Waals surface area contributed by atoms with Gasteiger partial charge in [-0.2, -0.15) is 0 Å². The van der Waals surface area contributed by atoms with Gasteiger partial charge in [-0.3, -0.25) is 0 Å². The van der Waals surface area contributed by atoms with Gasteiger partial charge in [-0.15, -0.1) is 0 Å². The van der Waals surface area contributed by atoms with Crippen molar-refractivity contribution in [3.63, 3.8) is 0 Å². The van der Waals surface area contributed by atoms with Crippen molar-refractivity contribution in [2.45, 2.75) is 38.8 Å². The SMILES string of the molecule is CCC1OCCC1CNC(C)c1ccc(F)cc1. The largest absolute Gasteiger partial charge is 0.378 e. The Kier molecular flexibility index (Phi) is 4.72. The van der Waals surface area contributed by atoms with E-state index in [1.165, 1.54) is 12.1 Å². The zero-order valence-corrected chi connectivity index (χ0v) is 11.2. The zero-order valence-electron chi connectivity index (χ0n) is 11.2. The molecule has 1 saturated heterocycles. The highest BCUT2D eigenvalue weighted by molar-refractivity contribution is 5.19. The van der Waals surface area contributed by atoms with E-state index in [2.05, 4.69) is 19.2 Å². The van der Waals surface area contributed by atoms with Crippen LogP contribution < -0.4 is 5.32 Å². The average Bonchev–Trinajstić information content (AvgIpc) is 2.84. The summed E-state index contributed by atoms with van der Waals surface area (Å²) in [6, 6.07) is 6.97. The Bertz CT molecular complexity index is 365. The lowest BCUT2D eigenvalue weighted by atomic mass is 9.98. The Morgan fingerprint density at radius 3 is 2.78 bits per heavy atom. The molecule has 1 heterocycles. The Morgan fingerprint density at radius 1 is 1.39 bits per heavy atom. The van der Waals surface area contributed by atoms with E-state index in [4.69, 9.17) is 4.74 Å². The van der Waals surface area contributed by atoms with Gasteiger partial charge < -0.3 is 10.1 Å². The van der Waals surface area contributed by atoms with Gasteiger partial charge in [0.25, 0.3) is 0 Å². The fourth-order valence-corrected chi connectivity index (χ4v) is 2.57. The van der Waals surface area contributed by atoms with Crippen molar-refractivity contribution in [1.82, 2.24) is 5.32 Å². The molecular formula is C15H22FNO. The molecule has 1 aromatic carbocycles. The molecule has 1 aliphatic rings. The molecule has 1 fully saturated rings. The van der Waals surface area contributed by atoms with Crippen LogP contribution in [0, 0.1) is 11.7 Å². The van der Waals surface area contributed by atoms with E-state index in [1.807, 2.05) is 12.1 Å². The Morgan fingerprint density at radius 2 is 2.11 bits per heavy atom. The molecule has 1 N–H and O–H groups in total. The van der Waals surface area contributed by atoms with E-state index >= 15 is 0 Å². The molecule has 0 bridgehead atoms. The van der Waals surface area contributed by atoms with Crippen LogP contribution in [0.1, 0.15) is 38.3 Å². The summed E-state index contributed by atoms with van der Waals surface area (Å²) >= 11 is 0. The van der Waals surface area contributed by atoms with E-state index in [0.29, 0.717) is 12.0 Å². The fraction of sp³-hybridized carbons (Fsp3) is 0.600. The molecule has 1 aromatic rings. The molecule has 1 aliphatic heterocycles. The van der Waals surface area contributed by atoms with Gasteiger partial charge in [0.05, 0.1) is 6.10 Å². The highest BCUT2D eigenvalue weighted by atomic mass is 19.1. The first kappa shape index (κ1) is 13.5. The summed E-state index contributed by atoms with van der Waals surface area (Å²) in [7, 11) is 0. The maximum Gasteiger partial charge on any atom is 0.123 e. The van der Waals surface area contributed by atoms with Crippen LogP contribution in [0.5, 0.6) is 0 Å². The van der Waals surface area contributed by atoms with Gasteiger partial charge in [0.15, 0.2) is 0 Å². The number of benzene rings is 1. The third-order valence-electron chi connectivity index (χ3n) is 3.80. The van der Waals surface area contributed by atoms with Gasteiger partial charge in [0, 0.05) is 19.2 Å². The van der Waals surface area contributed by atoms with Crippen LogP contribution in [0.4, 0.5) is 4.39 Å². The van der Waals surface area contributed by atoms with Gasteiger partial charge >= 0.3 is 0 Å². The standard InChI is InChI=1S/C15H22FNO/c1-3-15-13(8-9-18-15)10-17-11(2)12-4-6-14(16)7-5-12/h4-7,11,13,15,17H,3,8-10H2,1-2H3. The zero-order chi connectivity index (χ0) is 13.0. The van der Waals surface area contributed by atoms with Crippen LogP contribution in [0.25, 0.3) is 0 Å². The van der Waals surface area contributed by atoms with Crippen molar-refractivity contribution in [2.24, 2.45) is 5.92 Å². The number of nitrogens with one attached hydrogen (secondary N) is 1. The summed E-state index contributed by atoms with van der Waals surface area (Å²) in [5.41, 5.74) is 1.13. The van der Waals surface area contributed by atoms with Crippen molar-refractivity contribution in [3.8, 4) is 0 Å². The normalized spacial score (nSPS) is 25.3. The summed E-state index contributed by atoms with van der Waals surface area (Å²) in [6.45, 7) is 6.14. The van der Waals surface area contributed by atoms with E-state index in [1.54, 1.807) is 0 Å². The molecule has 18 heavy (non-hydrogen) atoms. The molecular weight excluding hydrogens is 229 g/mol. The highest BCUT2D eigenvalue weighted by Crippen LogP contribution is 2.23. The highest BCUT2D eigenvalue weighted by Gasteiger charge is 2.26. The molecule has 0 radical (unpaired) electrons. The molecule has 0 spiro atoms. The molecule has 2 nitrogen and oxygen atoms in total. The molecule has 0 aliphatic carbocycles. The van der Waals surface area contributed by atoms with Gasteiger partial charge in [-0.1, -0.05) is 19.1 Å². The van der Waals surface area contributed by atoms with Crippen LogP contribution in [0.15, 0.2) is 24.3 Å². The molecule has 0 saturated carbocycles. The van der Waals surface area contributed by atoms with Crippen LogP contribution in [0.3, 0.4) is 0 Å². The summed E-state index contributed by atoms with van der Waals surface area (Å²) < 4.78 is 18.5. The molecule has 0 aromatic heterocycles. The minimum Gasteiger partial charge on any atom is -0.378 e. The second-order valence-electron chi connectivity index (χ2n) is 5.05. The molecule has 2 rings (SSSR count). The number of halogens is 1. The Labute approximate surface area is 109 Å². The van der Waals surface area contributed by atoms with Crippen molar-refractivity contribution < 1.29 is 9.13 Å². The number of ether oxygens (including phenoxy) is 1. The third-order valence-corrected chi connectivity index (χ3v) is 3.80. The minimum atomic E-state index is -0.179. The van der Waals surface area contributed by atoms with Crippen molar-refractivity contribution in [1.29, 1.82) is 0 Å². The van der Waals surface area contributed by atoms with Crippen LogP contribution in [-0.2, 0) is 4.74 Å². The molecule has 3 heteroatoms. The number of hydrogen-bond donors (Lipinski definition) is 1. The molecule has 3 atom stereocenters. The predicted octanol–water partition coefficient (Wildman–Crippen LogP) is 3.29. The first-order valence-corrected chi connectivity index (χ1v) is 6.81. The van der Waals surface area contributed by atoms with Crippen LogP contribution in [-0.4, -0.2) is 19.3 Å². The average molecular weight is 251 g/mol. The lowest BCUT2D eigenvalue weighted by Crippen LogP contribution is -2.30. The van der Waals surface area contributed by atoms with Crippen LogP contribution >= 0.6 is 0 Å². The predicted molar refractivity (Wildman–Crippen MR) is 71.0 cm³/mol. The molecule has 0 amide bonds. The van der Waals surface area contributed by atoms with Crippen LogP contribution in [0.2, 0.25) is 0 Å². The first-order chi connectivity index (χ1) is 8.70. The fourth-order valence-electron chi connectivity index (χ4n) is 2.57. The summed E-state index contributed by atoms with van der Waals surface area (Å²) in [5.74, 6) is 0.430. The quantitative estimate of drug-likeness (QED) is 0.867. The maximum absolute atomic E-state index is 12.8. The van der Waals surface area contributed by atoms with Crippen molar-refractivity contribution >= 4 is 0 Å². The van der Waals surface area contributed by atoms with Gasteiger partial charge in [-0.05, 0) is 43.4 Å². The summed E-state index contributed by atoms with van der Waals surface area (Å²) in [5, 5.41) is 3.52. The van der Waals surface area contributed by atoms with Crippen molar-refractivity contribution in [3.05, 3.63) is 35.6 Å². The van der Waals surface area contributed by atoms with E-state index in [-0.39, 0.29) is 11.9 Å². The molecule has 100 valence electrons. The first-order valence-electron chi connectivity index (χ1n) is 6.81. The van der Waals surface area contributed by atoms with Gasteiger partial charge in [-0.25, -0.2) is 4.39 Å². The van der Waals surface area contributed by atoms with E-state index in [0.717, 1.165) is 31.6 Å². The lowest BCUT2D eigenvalue weighted by Gasteiger charge is -2.21. The van der Waals surface area contributed by atoms with Gasteiger partial charge in [0.2, 0.25) is 0 Å². The summed E-state index contributed by atoms with van der Waals surface area (Å²) in [6.07, 6.45) is 2.62. The number of rotatable bonds is 5. The Hall–Kier alpha value is -0.930. The van der Waals surface area contributed by atoms with Gasteiger partial charge in [0.1, 0.15) is 5.82 Å². The number of hydrogen-bond acceptors (Lipinski definition) is 2.